The molecule has 0 saturated carbocycles. The maximum Gasteiger partial charge on any atom is 0.233 e. The molecule has 2 fully saturated rings. The van der Waals surface area contributed by atoms with Gasteiger partial charge in [-0.1, -0.05) is 6.07 Å². The van der Waals surface area contributed by atoms with Crippen molar-refractivity contribution >= 4 is 11.8 Å². The third-order valence-corrected chi connectivity index (χ3v) is 5.63. The monoisotopic (exact) mass is 359 g/mol. The van der Waals surface area contributed by atoms with Crippen LogP contribution in [-0.4, -0.2) is 53.5 Å². The molecule has 1 aromatic heterocycles. The Balaban J connectivity index is 1.70. The Bertz CT molecular complexity index is 685. The normalized spacial score (nSPS) is 25.3. The van der Waals surface area contributed by atoms with Crippen molar-refractivity contribution in [3.05, 3.63) is 30.1 Å². The molecule has 6 nitrogen and oxygen atoms in total. The molecule has 3 rings (SSSR count). The van der Waals surface area contributed by atoms with Crippen LogP contribution in [0.15, 0.2) is 24.4 Å². The zero-order valence-electron chi connectivity index (χ0n) is 16.2. The number of hydrogen-bond donors (Lipinski definition) is 1. The topological polar surface area (TPSA) is 71.5 Å². The van der Waals surface area contributed by atoms with Crippen LogP contribution in [0.1, 0.15) is 46.2 Å². The van der Waals surface area contributed by atoms with Crippen LogP contribution in [0.25, 0.3) is 0 Å². The first-order chi connectivity index (χ1) is 12.2. The number of carbonyl (C=O) groups excluding carboxylic acids is 2. The Kier molecular flexibility index (Phi) is 4.82. The van der Waals surface area contributed by atoms with Crippen LogP contribution in [0, 0.1) is 5.41 Å². The third kappa shape index (κ3) is 3.47. The Morgan fingerprint density at radius 2 is 2.00 bits per heavy atom. The van der Waals surface area contributed by atoms with E-state index in [1.165, 1.54) is 0 Å². The lowest BCUT2D eigenvalue weighted by molar-refractivity contribution is -0.171. The first-order valence-electron chi connectivity index (χ1n) is 9.28. The molecule has 1 aromatic rings. The molecule has 1 unspecified atom stereocenters. The van der Waals surface area contributed by atoms with Crippen molar-refractivity contribution in [2.45, 2.75) is 51.5 Å². The van der Waals surface area contributed by atoms with Gasteiger partial charge >= 0.3 is 0 Å². The molecule has 2 aliphatic rings. The zero-order valence-corrected chi connectivity index (χ0v) is 16.2. The van der Waals surface area contributed by atoms with E-state index < -0.39 is 16.4 Å². The molecule has 1 N–H and O–H groups in total. The van der Waals surface area contributed by atoms with Crippen LogP contribution in [0.5, 0.6) is 0 Å². The highest BCUT2D eigenvalue weighted by atomic mass is 16.5. The number of ether oxygens (including phenoxy) is 1. The maximum absolute atomic E-state index is 13.0. The van der Waals surface area contributed by atoms with E-state index in [1.54, 1.807) is 6.20 Å². The molecular formula is C20H29N3O3. The van der Waals surface area contributed by atoms with E-state index in [4.69, 9.17) is 4.74 Å². The van der Waals surface area contributed by atoms with Gasteiger partial charge in [-0.2, -0.15) is 0 Å². The highest BCUT2D eigenvalue weighted by molar-refractivity contribution is 5.88. The van der Waals surface area contributed by atoms with Crippen molar-refractivity contribution in [2.75, 3.05) is 26.3 Å². The largest absolute Gasteiger partial charge is 0.379 e. The van der Waals surface area contributed by atoms with Gasteiger partial charge < -0.3 is 15.0 Å². The lowest BCUT2D eigenvalue weighted by Crippen LogP contribution is -2.63. The SMILES string of the molecule is CC1(NC(=O)C(C)(C)c2ccccn2)CCCN(C(=O)C2(C)COC2)C1. The van der Waals surface area contributed by atoms with Gasteiger partial charge in [0.25, 0.3) is 0 Å². The molecule has 2 amide bonds. The van der Waals surface area contributed by atoms with E-state index in [0.717, 1.165) is 25.1 Å². The predicted molar refractivity (Wildman–Crippen MR) is 98.6 cm³/mol. The molecule has 26 heavy (non-hydrogen) atoms. The Morgan fingerprint density at radius 3 is 2.58 bits per heavy atom. The number of amides is 2. The van der Waals surface area contributed by atoms with Crippen LogP contribution >= 0.6 is 0 Å². The number of hydrogen-bond acceptors (Lipinski definition) is 4. The van der Waals surface area contributed by atoms with Crippen LogP contribution in [-0.2, 0) is 19.7 Å². The molecular weight excluding hydrogens is 330 g/mol. The van der Waals surface area contributed by atoms with Gasteiger partial charge in [0.15, 0.2) is 0 Å². The smallest absolute Gasteiger partial charge is 0.233 e. The second kappa shape index (κ2) is 6.65. The number of rotatable bonds is 4. The standard InChI is InChI=1S/C20H29N3O3/c1-18(2,15-8-5-6-10-21-15)16(24)22-20(4)9-7-11-23(12-20)17(25)19(3)13-26-14-19/h5-6,8,10H,7,9,11-14H2,1-4H3,(H,22,24). The molecule has 3 heterocycles. The fourth-order valence-electron chi connectivity index (χ4n) is 3.71. The highest BCUT2D eigenvalue weighted by Gasteiger charge is 2.46. The van der Waals surface area contributed by atoms with E-state index in [-0.39, 0.29) is 11.8 Å². The van der Waals surface area contributed by atoms with Crippen molar-refractivity contribution in [3.8, 4) is 0 Å². The average molecular weight is 359 g/mol. The van der Waals surface area contributed by atoms with Crippen LogP contribution < -0.4 is 5.32 Å². The summed E-state index contributed by atoms with van der Waals surface area (Å²) in [5, 5.41) is 3.20. The minimum Gasteiger partial charge on any atom is -0.379 e. The van der Waals surface area contributed by atoms with Crippen molar-refractivity contribution in [3.63, 3.8) is 0 Å². The van der Waals surface area contributed by atoms with E-state index in [9.17, 15) is 9.59 Å². The van der Waals surface area contributed by atoms with Gasteiger partial charge in [0.05, 0.1) is 35.3 Å². The number of carbonyl (C=O) groups is 2. The Morgan fingerprint density at radius 1 is 1.27 bits per heavy atom. The summed E-state index contributed by atoms with van der Waals surface area (Å²) in [7, 11) is 0. The number of pyridine rings is 1. The molecule has 2 aliphatic heterocycles. The summed E-state index contributed by atoms with van der Waals surface area (Å²) in [6, 6.07) is 5.60. The summed E-state index contributed by atoms with van der Waals surface area (Å²) in [5.74, 6) is 0.0686. The first-order valence-corrected chi connectivity index (χ1v) is 9.28. The van der Waals surface area contributed by atoms with Gasteiger partial charge in [-0.25, -0.2) is 0 Å². The fraction of sp³-hybridized carbons (Fsp3) is 0.650. The van der Waals surface area contributed by atoms with Crippen molar-refractivity contribution in [2.24, 2.45) is 5.41 Å². The lowest BCUT2D eigenvalue weighted by Gasteiger charge is -2.46. The predicted octanol–water partition coefficient (Wildman–Crippen LogP) is 1.89. The van der Waals surface area contributed by atoms with Gasteiger partial charge in [0.2, 0.25) is 11.8 Å². The minimum absolute atomic E-state index is 0.0637. The minimum atomic E-state index is -0.732. The molecule has 0 spiro atoms. The fourth-order valence-corrected chi connectivity index (χ4v) is 3.71. The number of nitrogens with one attached hydrogen (secondary N) is 1. The van der Waals surface area contributed by atoms with Crippen LogP contribution in [0.3, 0.4) is 0 Å². The van der Waals surface area contributed by atoms with Crippen molar-refractivity contribution in [1.82, 2.24) is 15.2 Å². The summed E-state index contributed by atoms with van der Waals surface area (Å²) < 4.78 is 5.24. The number of nitrogens with zero attached hydrogens (tertiary/aromatic N) is 2. The van der Waals surface area contributed by atoms with Crippen LogP contribution in [0.4, 0.5) is 0 Å². The van der Waals surface area contributed by atoms with Gasteiger partial charge in [-0.05, 0) is 52.7 Å². The summed E-state index contributed by atoms with van der Waals surface area (Å²) in [4.78, 5) is 32.1. The number of piperidine rings is 1. The van der Waals surface area contributed by atoms with E-state index in [2.05, 4.69) is 10.3 Å². The quantitative estimate of drug-likeness (QED) is 0.891. The highest BCUT2D eigenvalue weighted by Crippen LogP contribution is 2.32. The summed E-state index contributed by atoms with van der Waals surface area (Å²) in [6.45, 7) is 9.98. The van der Waals surface area contributed by atoms with Gasteiger partial charge in [-0.15, -0.1) is 0 Å². The Hall–Kier alpha value is -1.95. The van der Waals surface area contributed by atoms with E-state index >= 15 is 0 Å². The molecule has 1 atom stereocenters. The van der Waals surface area contributed by atoms with Gasteiger partial charge in [-0.3, -0.25) is 14.6 Å². The Labute approximate surface area is 155 Å². The number of likely N-dealkylation sites (tertiary alicyclic amines) is 1. The van der Waals surface area contributed by atoms with E-state index in [0.29, 0.717) is 19.8 Å². The van der Waals surface area contributed by atoms with Gasteiger partial charge in [0, 0.05) is 19.3 Å². The van der Waals surface area contributed by atoms with E-state index in [1.807, 2.05) is 50.8 Å². The van der Waals surface area contributed by atoms with Crippen molar-refractivity contribution in [1.29, 1.82) is 0 Å². The summed E-state index contributed by atoms with van der Waals surface area (Å²) in [6.07, 6.45) is 3.44. The second-order valence-corrected chi connectivity index (χ2v) is 8.74. The lowest BCUT2D eigenvalue weighted by atomic mass is 9.82. The molecule has 142 valence electrons. The molecule has 2 saturated heterocycles. The first kappa shape index (κ1) is 18.8. The zero-order chi connectivity index (χ0) is 19.0. The van der Waals surface area contributed by atoms with Gasteiger partial charge in [0.1, 0.15) is 0 Å². The van der Waals surface area contributed by atoms with Crippen molar-refractivity contribution < 1.29 is 14.3 Å². The summed E-state index contributed by atoms with van der Waals surface area (Å²) in [5.41, 5.74) is -0.832. The average Bonchev–Trinajstić information content (AvgIpc) is 2.59. The maximum atomic E-state index is 13.0. The number of aromatic nitrogens is 1. The third-order valence-electron chi connectivity index (χ3n) is 5.63. The van der Waals surface area contributed by atoms with Crippen LogP contribution in [0.2, 0.25) is 0 Å². The second-order valence-electron chi connectivity index (χ2n) is 8.74. The molecule has 0 aliphatic carbocycles. The summed E-state index contributed by atoms with van der Waals surface area (Å²) >= 11 is 0. The molecule has 0 radical (unpaired) electrons. The molecule has 0 bridgehead atoms. The molecule has 6 heteroatoms. The molecule has 0 aromatic carbocycles.